The molecular weight excluding hydrogens is 598 g/mol. The number of rotatable bonds is 37. The van der Waals surface area contributed by atoms with Gasteiger partial charge < -0.3 is 20.3 Å². The molecule has 6 nitrogen and oxygen atoms in total. The molecule has 0 aliphatic carbocycles. The quantitative estimate of drug-likeness (QED) is 0.0345. The maximum absolute atomic E-state index is 12.3. The van der Waals surface area contributed by atoms with Crippen molar-refractivity contribution < 1.29 is 24.5 Å². The van der Waals surface area contributed by atoms with Gasteiger partial charge in [0.05, 0.1) is 25.4 Å². The number of nitrogens with one attached hydrogen (secondary N) is 1. The van der Waals surface area contributed by atoms with Crippen LogP contribution < -0.4 is 5.32 Å². The predicted molar refractivity (Wildman–Crippen MR) is 204 cm³/mol. The van der Waals surface area contributed by atoms with Gasteiger partial charge in [-0.25, -0.2) is 0 Å². The molecule has 0 aliphatic heterocycles. The topological polar surface area (TPSA) is 95.9 Å². The maximum atomic E-state index is 12.3. The van der Waals surface area contributed by atoms with E-state index in [0.717, 1.165) is 57.8 Å². The maximum Gasteiger partial charge on any atom is 0.305 e. The molecule has 0 aromatic carbocycles. The largest absolute Gasteiger partial charge is 0.466 e. The number of esters is 1. The zero-order valence-corrected chi connectivity index (χ0v) is 31.7. The molecule has 0 rings (SSSR count). The summed E-state index contributed by atoms with van der Waals surface area (Å²) in [5.41, 5.74) is 0. The number of allylic oxidation sites excluding steroid dienone is 3. The van der Waals surface area contributed by atoms with E-state index in [2.05, 4.69) is 31.3 Å². The van der Waals surface area contributed by atoms with E-state index in [1.807, 2.05) is 6.08 Å². The van der Waals surface area contributed by atoms with Crippen LogP contribution >= 0.6 is 0 Å². The Morgan fingerprint density at radius 2 is 0.979 bits per heavy atom. The number of aliphatic hydroxyl groups is 2. The summed E-state index contributed by atoms with van der Waals surface area (Å²) in [6, 6.07) is -0.645. The zero-order valence-electron chi connectivity index (χ0n) is 31.7. The highest BCUT2D eigenvalue weighted by atomic mass is 16.5. The van der Waals surface area contributed by atoms with Crippen molar-refractivity contribution in [1.82, 2.24) is 5.32 Å². The van der Waals surface area contributed by atoms with Gasteiger partial charge >= 0.3 is 5.97 Å². The van der Waals surface area contributed by atoms with E-state index in [-0.39, 0.29) is 18.5 Å². The van der Waals surface area contributed by atoms with E-state index in [4.69, 9.17) is 4.74 Å². The molecule has 0 bridgehead atoms. The standard InChI is InChI=1S/C42H79NO5/c1-3-5-7-9-11-13-14-15-16-20-24-28-32-36-42(47)48-37-33-29-25-21-17-19-23-27-31-35-41(46)43-39(38-44)40(45)34-30-26-22-18-12-10-8-6-4-2/h13-14,30,34,39-40,44-45H,3-12,15-29,31-33,35-38H2,1-2H3,(H,43,46)/b14-13-,34-30+. The van der Waals surface area contributed by atoms with Crippen LogP contribution in [-0.2, 0) is 14.3 Å². The van der Waals surface area contributed by atoms with Crippen LogP contribution in [0.2, 0.25) is 0 Å². The van der Waals surface area contributed by atoms with Gasteiger partial charge in [0.15, 0.2) is 0 Å². The first kappa shape index (κ1) is 46.3. The Hall–Kier alpha value is -1.66. The number of unbranched alkanes of at least 4 members (excludes halogenated alkanes) is 24. The molecule has 3 N–H and O–H groups in total. The fourth-order valence-corrected chi connectivity index (χ4v) is 5.98. The van der Waals surface area contributed by atoms with Gasteiger partial charge in [-0.2, -0.15) is 0 Å². The van der Waals surface area contributed by atoms with Gasteiger partial charge in [-0.05, 0) is 57.8 Å². The van der Waals surface area contributed by atoms with Gasteiger partial charge in [0.1, 0.15) is 0 Å². The van der Waals surface area contributed by atoms with Crippen LogP contribution in [0, 0.1) is 0 Å². The van der Waals surface area contributed by atoms with Gasteiger partial charge in [0.2, 0.25) is 5.91 Å². The molecule has 0 spiro atoms. The Balaban J connectivity index is 3.53. The Bertz CT molecular complexity index is 752. The third-order valence-corrected chi connectivity index (χ3v) is 9.22. The minimum Gasteiger partial charge on any atom is -0.466 e. The molecular formula is C42H79NO5. The summed E-state index contributed by atoms with van der Waals surface area (Å²) in [6.07, 6.45) is 41.5. The summed E-state index contributed by atoms with van der Waals surface area (Å²) < 4.78 is 5.42. The lowest BCUT2D eigenvalue weighted by atomic mass is 10.1. The second kappa shape index (κ2) is 38.1. The van der Waals surface area contributed by atoms with E-state index >= 15 is 0 Å². The van der Waals surface area contributed by atoms with E-state index in [1.165, 1.54) is 122 Å². The SMILES string of the molecule is CCCCCC/C=C\CCCCCCCC(=O)OCCCCCCCCCCCC(=O)NC(CO)C(O)/C=C/CCCCCCCCC. The van der Waals surface area contributed by atoms with Crippen LogP contribution in [0.3, 0.4) is 0 Å². The van der Waals surface area contributed by atoms with Crippen molar-refractivity contribution in [3.8, 4) is 0 Å². The monoisotopic (exact) mass is 678 g/mol. The van der Waals surface area contributed by atoms with Crippen LogP contribution in [0.1, 0.15) is 206 Å². The fourth-order valence-electron chi connectivity index (χ4n) is 5.98. The molecule has 0 radical (unpaired) electrons. The Labute approximate surface area is 297 Å². The van der Waals surface area contributed by atoms with Crippen molar-refractivity contribution in [1.29, 1.82) is 0 Å². The van der Waals surface area contributed by atoms with Gasteiger partial charge in [0.25, 0.3) is 0 Å². The van der Waals surface area contributed by atoms with Crippen LogP contribution in [0.4, 0.5) is 0 Å². The number of carbonyl (C=O) groups excluding carboxylic acids is 2. The number of hydrogen-bond donors (Lipinski definition) is 3. The number of hydrogen-bond acceptors (Lipinski definition) is 5. The molecule has 0 aliphatic rings. The number of aliphatic hydroxyl groups excluding tert-OH is 2. The normalized spacial score (nSPS) is 13.0. The molecule has 0 aromatic rings. The lowest BCUT2D eigenvalue weighted by Gasteiger charge is -2.20. The molecule has 0 aromatic heterocycles. The molecule has 0 heterocycles. The first-order valence-corrected chi connectivity index (χ1v) is 20.6. The second-order valence-electron chi connectivity index (χ2n) is 14.0. The lowest BCUT2D eigenvalue weighted by Crippen LogP contribution is -2.45. The number of carbonyl (C=O) groups is 2. The van der Waals surface area contributed by atoms with Crippen LogP contribution in [-0.4, -0.2) is 47.4 Å². The second-order valence-corrected chi connectivity index (χ2v) is 14.0. The summed E-state index contributed by atoms with van der Waals surface area (Å²) in [7, 11) is 0. The first-order valence-electron chi connectivity index (χ1n) is 20.6. The molecule has 0 fully saturated rings. The Kier molecular flexibility index (Phi) is 36.8. The average molecular weight is 678 g/mol. The summed E-state index contributed by atoms with van der Waals surface area (Å²) in [4.78, 5) is 24.3. The number of ether oxygens (including phenoxy) is 1. The van der Waals surface area contributed by atoms with Crippen molar-refractivity contribution in [3.05, 3.63) is 24.3 Å². The Morgan fingerprint density at radius 3 is 1.50 bits per heavy atom. The van der Waals surface area contributed by atoms with Gasteiger partial charge in [-0.3, -0.25) is 9.59 Å². The molecule has 2 atom stereocenters. The van der Waals surface area contributed by atoms with E-state index in [1.54, 1.807) is 6.08 Å². The average Bonchev–Trinajstić information content (AvgIpc) is 3.08. The highest BCUT2D eigenvalue weighted by Gasteiger charge is 2.18. The first-order chi connectivity index (χ1) is 23.5. The third-order valence-electron chi connectivity index (χ3n) is 9.22. The molecule has 282 valence electrons. The third kappa shape index (κ3) is 34.2. The van der Waals surface area contributed by atoms with Gasteiger partial charge in [0, 0.05) is 12.8 Å². The van der Waals surface area contributed by atoms with Crippen LogP contribution in [0.5, 0.6) is 0 Å². The Morgan fingerprint density at radius 1 is 0.562 bits per heavy atom. The fraction of sp³-hybridized carbons (Fsp3) is 0.857. The molecule has 0 saturated heterocycles. The minimum absolute atomic E-state index is 0.0383. The molecule has 2 unspecified atom stereocenters. The summed E-state index contributed by atoms with van der Waals surface area (Å²) in [5, 5.41) is 22.8. The van der Waals surface area contributed by atoms with E-state index in [9.17, 15) is 19.8 Å². The minimum atomic E-state index is -0.859. The number of amides is 1. The molecule has 48 heavy (non-hydrogen) atoms. The molecule has 0 saturated carbocycles. The van der Waals surface area contributed by atoms with Crippen LogP contribution in [0.15, 0.2) is 24.3 Å². The van der Waals surface area contributed by atoms with Crippen molar-refractivity contribution in [2.24, 2.45) is 0 Å². The molecule has 6 heteroatoms. The highest BCUT2D eigenvalue weighted by Crippen LogP contribution is 2.13. The van der Waals surface area contributed by atoms with Gasteiger partial charge in [-0.1, -0.05) is 160 Å². The highest BCUT2D eigenvalue weighted by molar-refractivity contribution is 5.76. The van der Waals surface area contributed by atoms with Crippen LogP contribution in [0.25, 0.3) is 0 Å². The summed E-state index contributed by atoms with van der Waals surface area (Å²) in [5.74, 6) is -0.139. The van der Waals surface area contributed by atoms with E-state index < -0.39 is 12.1 Å². The molecule has 1 amide bonds. The lowest BCUT2D eigenvalue weighted by molar-refractivity contribution is -0.143. The smallest absolute Gasteiger partial charge is 0.305 e. The summed E-state index contributed by atoms with van der Waals surface area (Å²) >= 11 is 0. The zero-order chi connectivity index (χ0) is 35.2. The van der Waals surface area contributed by atoms with Gasteiger partial charge in [-0.15, -0.1) is 0 Å². The predicted octanol–water partition coefficient (Wildman–Crippen LogP) is 11.2. The van der Waals surface area contributed by atoms with Crippen molar-refractivity contribution in [2.75, 3.05) is 13.2 Å². The van der Waals surface area contributed by atoms with Crippen molar-refractivity contribution in [2.45, 2.75) is 219 Å². The van der Waals surface area contributed by atoms with E-state index in [0.29, 0.717) is 19.4 Å². The summed E-state index contributed by atoms with van der Waals surface area (Å²) in [6.45, 7) is 4.77. The van der Waals surface area contributed by atoms with Crippen molar-refractivity contribution in [3.63, 3.8) is 0 Å². The van der Waals surface area contributed by atoms with Crippen molar-refractivity contribution >= 4 is 11.9 Å².